The van der Waals surface area contributed by atoms with E-state index in [1.165, 1.54) is 12.1 Å². The zero-order valence-corrected chi connectivity index (χ0v) is 11.8. The van der Waals surface area contributed by atoms with Crippen LogP contribution >= 0.6 is 0 Å². The summed E-state index contributed by atoms with van der Waals surface area (Å²) in [4.78, 5) is 24.8. The Kier molecular flexibility index (Phi) is 3.88. The fraction of sp³-hybridized carbons (Fsp3) is 0.533. The van der Waals surface area contributed by atoms with Gasteiger partial charge in [-0.2, -0.15) is 0 Å². The third-order valence-corrected chi connectivity index (χ3v) is 4.15. The highest BCUT2D eigenvalue weighted by Crippen LogP contribution is 2.29. The number of nitro groups is 1. The van der Waals surface area contributed by atoms with Crippen LogP contribution in [0.1, 0.15) is 36.0 Å². The quantitative estimate of drug-likeness (QED) is 0.664. The van der Waals surface area contributed by atoms with Crippen LogP contribution in [0.5, 0.6) is 0 Å². The molecule has 112 valence electrons. The van der Waals surface area contributed by atoms with E-state index in [4.69, 9.17) is 0 Å². The van der Waals surface area contributed by atoms with Crippen LogP contribution in [0.2, 0.25) is 0 Å². The highest BCUT2D eigenvalue weighted by Gasteiger charge is 2.35. The molecule has 0 aromatic heterocycles. The van der Waals surface area contributed by atoms with Gasteiger partial charge in [0.1, 0.15) is 0 Å². The van der Waals surface area contributed by atoms with Gasteiger partial charge >= 0.3 is 0 Å². The van der Waals surface area contributed by atoms with E-state index in [9.17, 15) is 14.9 Å². The van der Waals surface area contributed by atoms with Crippen molar-refractivity contribution in [3.63, 3.8) is 0 Å². The second kappa shape index (κ2) is 5.81. The summed E-state index contributed by atoms with van der Waals surface area (Å²) in [6.07, 6.45) is 4.39. The van der Waals surface area contributed by atoms with Crippen LogP contribution in [-0.4, -0.2) is 40.9 Å². The fourth-order valence-corrected chi connectivity index (χ4v) is 2.83. The van der Waals surface area contributed by atoms with Crippen LogP contribution in [0.15, 0.2) is 24.3 Å². The van der Waals surface area contributed by atoms with Gasteiger partial charge in [-0.1, -0.05) is 0 Å². The highest BCUT2D eigenvalue weighted by molar-refractivity contribution is 5.94. The number of carbonyl (C=O) groups excluding carboxylic acids is 1. The van der Waals surface area contributed by atoms with Gasteiger partial charge in [0.25, 0.3) is 11.6 Å². The molecule has 1 aromatic rings. The van der Waals surface area contributed by atoms with Gasteiger partial charge in [0.15, 0.2) is 0 Å². The third kappa shape index (κ3) is 3.21. The average molecular weight is 289 g/mol. The molecule has 1 aliphatic heterocycles. The Hall–Kier alpha value is -1.95. The van der Waals surface area contributed by atoms with E-state index in [-0.39, 0.29) is 11.6 Å². The van der Waals surface area contributed by atoms with Crippen molar-refractivity contribution < 1.29 is 9.72 Å². The number of nitrogens with zero attached hydrogens (tertiary/aromatic N) is 2. The van der Waals surface area contributed by atoms with Gasteiger partial charge in [-0.3, -0.25) is 14.9 Å². The molecular formula is C15H19N3O3. The molecule has 1 aromatic carbocycles. The number of amides is 1. The SMILES string of the molecule is O=C(c1ccc([N+](=O)[O-])cc1)N(CC1CCCN1)C1CC1. The average Bonchev–Trinajstić information content (AvgIpc) is 3.20. The lowest BCUT2D eigenvalue weighted by atomic mass is 10.1. The predicted molar refractivity (Wildman–Crippen MR) is 78.2 cm³/mol. The lowest BCUT2D eigenvalue weighted by Crippen LogP contribution is -2.42. The van der Waals surface area contributed by atoms with E-state index in [0.717, 1.165) is 38.8 Å². The van der Waals surface area contributed by atoms with Crippen molar-refractivity contribution in [2.24, 2.45) is 0 Å². The summed E-state index contributed by atoms with van der Waals surface area (Å²) < 4.78 is 0. The van der Waals surface area contributed by atoms with Crippen LogP contribution in [0.3, 0.4) is 0 Å². The summed E-state index contributed by atoms with van der Waals surface area (Å²) in [5.74, 6) is -0.0129. The van der Waals surface area contributed by atoms with E-state index in [0.29, 0.717) is 17.6 Å². The first-order valence-electron chi connectivity index (χ1n) is 7.44. The summed E-state index contributed by atoms with van der Waals surface area (Å²) in [5.41, 5.74) is 0.549. The Labute approximate surface area is 123 Å². The first-order valence-corrected chi connectivity index (χ1v) is 7.44. The highest BCUT2D eigenvalue weighted by atomic mass is 16.6. The maximum atomic E-state index is 12.6. The lowest BCUT2D eigenvalue weighted by molar-refractivity contribution is -0.384. The monoisotopic (exact) mass is 289 g/mol. The number of nitrogens with one attached hydrogen (secondary N) is 1. The number of rotatable bonds is 5. The van der Waals surface area contributed by atoms with Gasteiger partial charge in [0.05, 0.1) is 4.92 Å². The number of hydrogen-bond acceptors (Lipinski definition) is 4. The number of nitro benzene ring substituents is 1. The van der Waals surface area contributed by atoms with E-state index < -0.39 is 4.92 Å². The molecule has 1 N–H and O–H groups in total. The second-order valence-electron chi connectivity index (χ2n) is 5.79. The normalized spacial score (nSPS) is 21.2. The van der Waals surface area contributed by atoms with Crippen molar-refractivity contribution >= 4 is 11.6 Å². The Morgan fingerprint density at radius 1 is 1.29 bits per heavy atom. The van der Waals surface area contributed by atoms with E-state index in [2.05, 4.69) is 5.32 Å². The number of hydrogen-bond donors (Lipinski definition) is 1. The zero-order chi connectivity index (χ0) is 14.8. The minimum absolute atomic E-state index is 0.0129. The maximum absolute atomic E-state index is 12.6. The molecule has 21 heavy (non-hydrogen) atoms. The fourth-order valence-electron chi connectivity index (χ4n) is 2.83. The van der Waals surface area contributed by atoms with Crippen molar-refractivity contribution in [3.05, 3.63) is 39.9 Å². The molecule has 1 heterocycles. The summed E-state index contributed by atoms with van der Waals surface area (Å²) in [6.45, 7) is 1.76. The Morgan fingerprint density at radius 2 is 2.00 bits per heavy atom. The van der Waals surface area contributed by atoms with Crippen molar-refractivity contribution in [2.75, 3.05) is 13.1 Å². The molecule has 1 saturated heterocycles. The number of benzene rings is 1. The molecule has 0 spiro atoms. The van der Waals surface area contributed by atoms with Crippen molar-refractivity contribution in [1.29, 1.82) is 0 Å². The molecule has 0 bridgehead atoms. The molecule has 1 saturated carbocycles. The van der Waals surface area contributed by atoms with Gasteiger partial charge in [0, 0.05) is 36.3 Å². The number of carbonyl (C=O) groups is 1. The van der Waals surface area contributed by atoms with Crippen molar-refractivity contribution in [2.45, 2.75) is 37.8 Å². The van der Waals surface area contributed by atoms with Crippen LogP contribution in [-0.2, 0) is 0 Å². The smallest absolute Gasteiger partial charge is 0.269 e. The predicted octanol–water partition coefficient (Wildman–Crippen LogP) is 1.95. The standard InChI is InChI=1S/C15H19N3O3/c19-15(11-3-5-14(6-4-11)18(20)21)17(13-7-8-13)10-12-2-1-9-16-12/h3-6,12-13,16H,1-2,7-10H2. The van der Waals surface area contributed by atoms with Gasteiger partial charge in [-0.25, -0.2) is 0 Å². The summed E-state index contributed by atoms with van der Waals surface area (Å²) in [5, 5.41) is 14.1. The van der Waals surface area contributed by atoms with Crippen LogP contribution in [0.25, 0.3) is 0 Å². The second-order valence-corrected chi connectivity index (χ2v) is 5.79. The number of non-ortho nitro benzene ring substituents is 1. The Morgan fingerprint density at radius 3 is 2.52 bits per heavy atom. The van der Waals surface area contributed by atoms with Gasteiger partial charge < -0.3 is 10.2 Å². The minimum Gasteiger partial charge on any atom is -0.334 e. The maximum Gasteiger partial charge on any atom is 0.269 e. The molecule has 2 aliphatic rings. The molecule has 3 rings (SSSR count). The molecule has 1 amide bonds. The Balaban J connectivity index is 1.72. The largest absolute Gasteiger partial charge is 0.334 e. The van der Waals surface area contributed by atoms with Crippen LogP contribution < -0.4 is 5.32 Å². The third-order valence-electron chi connectivity index (χ3n) is 4.15. The molecule has 2 fully saturated rings. The van der Waals surface area contributed by atoms with Crippen molar-refractivity contribution in [3.8, 4) is 0 Å². The van der Waals surface area contributed by atoms with Gasteiger partial charge in [-0.05, 0) is 44.4 Å². The lowest BCUT2D eigenvalue weighted by Gasteiger charge is -2.26. The van der Waals surface area contributed by atoms with E-state index in [1.807, 2.05) is 4.90 Å². The summed E-state index contributed by atoms with van der Waals surface area (Å²) in [6, 6.07) is 6.62. The van der Waals surface area contributed by atoms with Gasteiger partial charge in [0.2, 0.25) is 0 Å². The molecule has 6 heteroatoms. The first-order chi connectivity index (χ1) is 10.1. The molecule has 6 nitrogen and oxygen atoms in total. The summed E-state index contributed by atoms with van der Waals surface area (Å²) >= 11 is 0. The molecule has 1 atom stereocenters. The Bertz CT molecular complexity index is 534. The van der Waals surface area contributed by atoms with E-state index in [1.54, 1.807) is 12.1 Å². The van der Waals surface area contributed by atoms with Crippen LogP contribution in [0, 0.1) is 10.1 Å². The molecular weight excluding hydrogens is 270 g/mol. The minimum atomic E-state index is -0.449. The zero-order valence-electron chi connectivity index (χ0n) is 11.8. The molecule has 1 unspecified atom stereocenters. The van der Waals surface area contributed by atoms with Gasteiger partial charge in [-0.15, -0.1) is 0 Å². The van der Waals surface area contributed by atoms with Crippen molar-refractivity contribution in [1.82, 2.24) is 10.2 Å². The van der Waals surface area contributed by atoms with Crippen LogP contribution in [0.4, 0.5) is 5.69 Å². The molecule has 0 radical (unpaired) electrons. The summed E-state index contributed by atoms with van der Waals surface area (Å²) in [7, 11) is 0. The van der Waals surface area contributed by atoms with E-state index >= 15 is 0 Å². The topological polar surface area (TPSA) is 75.5 Å². The molecule has 1 aliphatic carbocycles. The first kappa shape index (κ1) is 14.0.